The maximum atomic E-state index is 13.0. The molecule has 1 aromatic heterocycles. The molecule has 32 heavy (non-hydrogen) atoms. The Morgan fingerprint density at radius 1 is 1.06 bits per heavy atom. The summed E-state index contributed by atoms with van der Waals surface area (Å²) in [6.07, 6.45) is 1.99. The number of methoxy groups -OCH3 is 1. The molecule has 0 aliphatic heterocycles. The third kappa shape index (κ3) is 4.48. The van der Waals surface area contributed by atoms with Gasteiger partial charge in [0.25, 0.3) is 0 Å². The number of carbonyl (C=O) groups is 1. The Kier molecular flexibility index (Phi) is 6.76. The predicted molar refractivity (Wildman–Crippen MR) is 129 cm³/mol. The van der Waals surface area contributed by atoms with Gasteiger partial charge >= 0.3 is 0 Å². The van der Waals surface area contributed by atoms with Crippen LogP contribution in [0.25, 0.3) is 21.7 Å². The topological polar surface area (TPSA) is 54.7 Å². The maximum Gasteiger partial charge on any atom is 0.224 e. The number of benzene rings is 3. The number of carbonyl (C=O) groups excluding carboxylic acids is 1. The summed E-state index contributed by atoms with van der Waals surface area (Å²) in [5, 5.41) is 6.43. The third-order valence-electron chi connectivity index (χ3n) is 6.12. The van der Waals surface area contributed by atoms with Crippen molar-refractivity contribution in [3.05, 3.63) is 78.1 Å². The number of furan rings is 1. The molecule has 3 aromatic carbocycles. The van der Waals surface area contributed by atoms with Gasteiger partial charge in [-0.1, -0.05) is 56.3 Å². The smallest absolute Gasteiger partial charge is 0.224 e. The number of hydrogen-bond acceptors (Lipinski definition) is 4. The standard InChI is InChI=1S/C27H30N2O3/c1-4-29(5-2)24(20-10-8-11-22(15-20)31-3)17-28-26(30)16-21-18-32-25-14-13-19-9-6-7-12-23(19)27(21)25/h6-15,18,24H,4-5,16-17H2,1-3H3,(H,28,30). The van der Waals surface area contributed by atoms with Gasteiger partial charge in [0.05, 0.1) is 25.8 Å². The van der Waals surface area contributed by atoms with Gasteiger partial charge in [-0.2, -0.15) is 0 Å². The number of likely N-dealkylation sites (N-methyl/N-ethyl adjacent to an activating group) is 1. The number of nitrogens with zero attached hydrogens (tertiary/aromatic N) is 1. The first-order valence-corrected chi connectivity index (χ1v) is 11.2. The lowest BCUT2D eigenvalue weighted by atomic mass is 10.0. The molecule has 0 aliphatic carbocycles. The number of nitrogens with one attached hydrogen (secondary N) is 1. The minimum absolute atomic E-state index is 0.0133. The van der Waals surface area contributed by atoms with E-state index in [9.17, 15) is 4.79 Å². The van der Waals surface area contributed by atoms with Crippen molar-refractivity contribution in [1.82, 2.24) is 10.2 Å². The first kappa shape index (κ1) is 21.9. The molecule has 4 aromatic rings. The van der Waals surface area contributed by atoms with Crippen LogP contribution in [0, 0.1) is 0 Å². The maximum absolute atomic E-state index is 13.0. The summed E-state index contributed by atoms with van der Waals surface area (Å²) in [5.41, 5.74) is 2.85. The van der Waals surface area contributed by atoms with Crippen molar-refractivity contribution in [2.24, 2.45) is 0 Å². The molecule has 0 radical (unpaired) electrons. The largest absolute Gasteiger partial charge is 0.497 e. The van der Waals surface area contributed by atoms with Crippen LogP contribution in [0.4, 0.5) is 0 Å². The van der Waals surface area contributed by atoms with Crippen molar-refractivity contribution in [2.75, 3.05) is 26.7 Å². The van der Waals surface area contributed by atoms with Crippen LogP contribution in [0.15, 0.2) is 71.3 Å². The van der Waals surface area contributed by atoms with Gasteiger partial charge in [0.2, 0.25) is 5.91 Å². The number of amides is 1. The highest BCUT2D eigenvalue weighted by Crippen LogP contribution is 2.30. The van der Waals surface area contributed by atoms with E-state index in [0.29, 0.717) is 6.54 Å². The van der Waals surface area contributed by atoms with E-state index in [2.05, 4.69) is 42.3 Å². The lowest BCUT2D eigenvalue weighted by Crippen LogP contribution is -2.38. The van der Waals surface area contributed by atoms with Gasteiger partial charge in [0.1, 0.15) is 11.3 Å². The summed E-state index contributed by atoms with van der Waals surface area (Å²) in [6, 6.07) is 20.4. The summed E-state index contributed by atoms with van der Waals surface area (Å²) >= 11 is 0. The van der Waals surface area contributed by atoms with Crippen LogP contribution in [0.5, 0.6) is 5.75 Å². The molecule has 1 heterocycles. The highest BCUT2D eigenvalue weighted by molar-refractivity contribution is 6.08. The molecule has 5 nitrogen and oxygen atoms in total. The molecule has 166 valence electrons. The summed E-state index contributed by atoms with van der Waals surface area (Å²) in [5.74, 6) is 0.809. The molecule has 1 N–H and O–H groups in total. The Morgan fingerprint density at radius 2 is 1.88 bits per heavy atom. The number of fused-ring (bicyclic) bond motifs is 3. The van der Waals surface area contributed by atoms with Crippen molar-refractivity contribution in [1.29, 1.82) is 0 Å². The summed E-state index contributed by atoms with van der Waals surface area (Å²) in [4.78, 5) is 15.3. The quantitative estimate of drug-likeness (QED) is 0.390. The van der Waals surface area contributed by atoms with Crippen molar-refractivity contribution in [2.45, 2.75) is 26.3 Å². The Morgan fingerprint density at radius 3 is 2.66 bits per heavy atom. The average Bonchev–Trinajstić information content (AvgIpc) is 3.25. The van der Waals surface area contributed by atoms with E-state index in [-0.39, 0.29) is 18.4 Å². The van der Waals surface area contributed by atoms with Crippen LogP contribution in [-0.2, 0) is 11.2 Å². The molecule has 0 bridgehead atoms. The second kappa shape index (κ2) is 9.88. The molecule has 4 rings (SSSR count). The van der Waals surface area contributed by atoms with Gasteiger partial charge in [-0.3, -0.25) is 9.69 Å². The first-order chi connectivity index (χ1) is 15.6. The zero-order chi connectivity index (χ0) is 22.5. The van der Waals surface area contributed by atoms with Crippen LogP contribution in [0.2, 0.25) is 0 Å². The lowest BCUT2D eigenvalue weighted by molar-refractivity contribution is -0.120. The fraction of sp³-hybridized carbons (Fsp3) is 0.296. The molecule has 0 aliphatic rings. The minimum Gasteiger partial charge on any atom is -0.497 e. The minimum atomic E-state index is -0.0133. The number of rotatable bonds is 9. The van der Waals surface area contributed by atoms with Gasteiger partial charge in [-0.25, -0.2) is 0 Å². The van der Waals surface area contributed by atoms with Crippen molar-refractivity contribution in [3.8, 4) is 5.75 Å². The number of hydrogen-bond donors (Lipinski definition) is 1. The zero-order valence-corrected chi connectivity index (χ0v) is 18.9. The molecule has 0 saturated heterocycles. The van der Waals surface area contributed by atoms with Crippen LogP contribution in [0.3, 0.4) is 0 Å². The normalized spacial score (nSPS) is 12.4. The summed E-state index contributed by atoms with van der Waals surface area (Å²) in [7, 11) is 1.67. The second-order valence-electron chi connectivity index (χ2n) is 7.92. The third-order valence-corrected chi connectivity index (χ3v) is 6.12. The first-order valence-electron chi connectivity index (χ1n) is 11.2. The van der Waals surface area contributed by atoms with Gasteiger partial charge in [0, 0.05) is 17.5 Å². The average molecular weight is 431 g/mol. The van der Waals surface area contributed by atoms with Gasteiger partial charge in [0.15, 0.2) is 0 Å². The van der Waals surface area contributed by atoms with Crippen LogP contribution >= 0.6 is 0 Å². The predicted octanol–water partition coefficient (Wildman–Crippen LogP) is 5.34. The fourth-order valence-electron chi connectivity index (χ4n) is 4.42. The van der Waals surface area contributed by atoms with Crippen molar-refractivity contribution >= 4 is 27.6 Å². The molecule has 5 heteroatoms. The Hall–Kier alpha value is -3.31. The highest BCUT2D eigenvalue weighted by atomic mass is 16.5. The Balaban J connectivity index is 1.53. The van der Waals surface area contributed by atoms with E-state index in [1.165, 1.54) is 0 Å². The molecule has 0 fully saturated rings. The van der Waals surface area contributed by atoms with Crippen LogP contribution < -0.4 is 10.1 Å². The van der Waals surface area contributed by atoms with E-state index >= 15 is 0 Å². The van der Waals surface area contributed by atoms with E-state index < -0.39 is 0 Å². The van der Waals surface area contributed by atoms with Gasteiger partial charge in [-0.05, 0) is 47.6 Å². The Labute approximate surface area is 189 Å². The molecule has 1 amide bonds. The molecular weight excluding hydrogens is 400 g/mol. The number of ether oxygens (including phenoxy) is 1. The summed E-state index contributed by atoms with van der Waals surface area (Å²) < 4.78 is 11.2. The van der Waals surface area contributed by atoms with Crippen LogP contribution in [-0.4, -0.2) is 37.6 Å². The molecule has 0 spiro atoms. The van der Waals surface area contributed by atoms with Crippen molar-refractivity contribution < 1.29 is 13.9 Å². The van der Waals surface area contributed by atoms with E-state index in [4.69, 9.17) is 9.15 Å². The molecule has 1 atom stereocenters. The molecule has 0 saturated carbocycles. The van der Waals surface area contributed by atoms with Gasteiger partial charge in [-0.15, -0.1) is 0 Å². The van der Waals surface area contributed by atoms with E-state index in [0.717, 1.165) is 51.7 Å². The lowest BCUT2D eigenvalue weighted by Gasteiger charge is -2.30. The monoisotopic (exact) mass is 430 g/mol. The van der Waals surface area contributed by atoms with Crippen LogP contribution in [0.1, 0.15) is 31.0 Å². The van der Waals surface area contributed by atoms with E-state index in [1.807, 2.05) is 42.5 Å². The Bertz CT molecular complexity index is 1210. The zero-order valence-electron chi connectivity index (χ0n) is 18.9. The highest BCUT2D eigenvalue weighted by Gasteiger charge is 2.20. The fourth-order valence-corrected chi connectivity index (χ4v) is 4.42. The summed E-state index contributed by atoms with van der Waals surface area (Å²) in [6.45, 7) is 6.60. The van der Waals surface area contributed by atoms with Gasteiger partial charge < -0.3 is 14.5 Å². The van der Waals surface area contributed by atoms with E-state index in [1.54, 1.807) is 13.4 Å². The second-order valence-corrected chi connectivity index (χ2v) is 7.92. The SMILES string of the molecule is CCN(CC)C(CNC(=O)Cc1coc2ccc3ccccc3c12)c1cccc(OC)c1. The molecular formula is C27H30N2O3. The molecule has 1 unspecified atom stereocenters. The van der Waals surface area contributed by atoms with Crippen molar-refractivity contribution in [3.63, 3.8) is 0 Å².